The number of pyridine rings is 1. The van der Waals surface area contributed by atoms with Crippen LogP contribution in [0.3, 0.4) is 0 Å². The zero-order valence-corrected chi connectivity index (χ0v) is 11.2. The molecule has 0 aliphatic heterocycles. The molecule has 18 heavy (non-hydrogen) atoms. The minimum Gasteiger partial charge on any atom is -0.497 e. The summed E-state index contributed by atoms with van der Waals surface area (Å²) in [7, 11) is 1.57. The topological polar surface area (TPSA) is 48.4 Å². The largest absolute Gasteiger partial charge is 0.497 e. The molecule has 1 aromatic heterocycles. The number of nitrogens with zero attached hydrogens (tertiary/aromatic N) is 1. The quantitative estimate of drug-likeness (QED) is 0.818. The van der Waals surface area contributed by atoms with Gasteiger partial charge in [-0.1, -0.05) is 0 Å². The summed E-state index contributed by atoms with van der Waals surface area (Å²) in [6.45, 7) is 0. The van der Waals surface area contributed by atoms with Gasteiger partial charge in [0, 0.05) is 10.7 Å². The van der Waals surface area contributed by atoms with Crippen molar-refractivity contribution in [2.24, 2.45) is 0 Å². The van der Waals surface area contributed by atoms with E-state index in [4.69, 9.17) is 9.47 Å². The van der Waals surface area contributed by atoms with Gasteiger partial charge in [-0.2, -0.15) is 0 Å². The molecule has 0 saturated carbocycles. The van der Waals surface area contributed by atoms with Crippen molar-refractivity contribution in [1.29, 1.82) is 0 Å². The lowest BCUT2D eigenvalue weighted by Gasteiger charge is -2.05. The van der Waals surface area contributed by atoms with Gasteiger partial charge >= 0.3 is 5.97 Å². The molecule has 0 radical (unpaired) electrons. The van der Waals surface area contributed by atoms with Crippen LogP contribution in [-0.2, 0) is 0 Å². The van der Waals surface area contributed by atoms with Crippen LogP contribution < -0.4 is 9.47 Å². The SMILES string of the molecule is COc1ccc(C(=O)Oc2cncc(Br)c2)cc1. The summed E-state index contributed by atoms with van der Waals surface area (Å²) < 4.78 is 10.9. The molecule has 0 aliphatic rings. The van der Waals surface area contributed by atoms with Gasteiger partial charge in [-0.15, -0.1) is 0 Å². The molecule has 0 amide bonds. The maximum Gasteiger partial charge on any atom is 0.343 e. The second-order valence-corrected chi connectivity index (χ2v) is 4.37. The Bertz CT molecular complexity index is 554. The molecular formula is C13H10BrNO3. The molecule has 1 aromatic carbocycles. The molecule has 0 fully saturated rings. The van der Waals surface area contributed by atoms with Gasteiger partial charge in [0.25, 0.3) is 0 Å². The van der Waals surface area contributed by atoms with Crippen molar-refractivity contribution in [3.8, 4) is 11.5 Å². The molecule has 1 heterocycles. The van der Waals surface area contributed by atoms with Crippen molar-refractivity contribution in [3.63, 3.8) is 0 Å². The van der Waals surface area contributed by atoms with Crippen LogP contribution in [0.4, 0.5) is 0 Å². The predicted molar refractivity (Wildman–Crippen MR) is 69.9 cm³/mol. The van der Waals surface area contributed by atoms with Gasteiger partial charge in [0.2, 0.25) is 0 Å². The summed E-state index contributed by atoms with van der Waals surface area (Å²) in [6.07, 6.45) is 3.09. The Morgan fingerprint density at radius 3 is 2.50 bits per heavy atom. The normalized spacial score (nSPS) is 9.89. The highest BCUT2D eigenvalue weighted by molar-refractivity contribution is 9.10. The summed E-state index contributed by atoms with van der Waals surface area (Å²) in [5, 5.41) is 0. The zero-order chi connectivity index (χ0) is 13.0. The van der Waals surface area contributed by atoms with E-state index in [9.17, 15) is 4.79 Å². The van der Waals surface area contributed by atoms with E-state index >= 15 is 0 Å². The lowest BCUT2D eigenvalue weighted by molar-refractivity contribution is 0.0734. The van der Waals surface area contributed by atoms with Crippen LogP contribution >= 0.6 is 15.9 Å². The number of halogens is 1. The lowest BCUT2D eigenvalue weighted by atomic mass is 10.2. The first-order chi connectivity index (χ1) is 8.69. The van der Waals surface area contributed by atoms with Gasteiger partial charge in [0.1, 0.15) is 5.75 Å². The van der Waals surface area contributed by atoms with Crippen LogP contribution in [0.1, 0.15) is 10.4 Å². The van der Waals surface area contributed by atoms with Gasteiger partial charge in [-0.05, 0) is 46.3 Å². The van der Waals surface area contributed by atoms with E-state index in [1.54, 1.807) is 43.6 Å². The van der Waals surface area contributed by atoms with Crippen LogP contribution in [0.2, 0.25) is 0 Å². The first-order valence-electron chi connectivity index (χ1n) is 5.16. The van der Waals surface area contributed by atoms with Gasteiger partial charge in [0.15, 0.2) is 5.75 Å². The van der Waals surface area contributed by atoms with Crippen LogP contribution in [0.25, 0.3) is 0 Å². The lowest BCUT2D eigenvalue weighted by Crippen LogP contribution is -2.08. The fourth-order valence-corrected chi connectivity index (χ4v) is 1.69. The van der Waals surface area contributed by atoms with Crippen molar-refractivity contribution in [2.75, 3.05) is 7.11 Å². The monoisotopic (exact) mass is 307 g/mol. The van der Waals surface area contributed by atoms with Crippen molar-refractivity contribution in [2.45, 2.75) is 0 Å². The molecular weight excluding hydrogens is 298 g/mol. The first-order valence-corrected chi connectivity index (χ1v) is 5.95. The Hall–Kier alpha value is -1.88. The molecule has 0 aliphatic carbocycles. The Balaban J connectivity index is 2.11. The smallest absolute Gasteiger partial charge is 0.343 e. The second-order valence-electron chi connectivity index (χ2n) is 3.46. The van der Waals surface area contributed by atoms with Gasteiger partial charge in [-0.3, -0.25) is 4.98 Å². The molecule has 0 unspecified atom stereocenters. The highest BCUT2D eigenvalue weighted by Crippen LogP contribution is 2.18. The van der Waals surface area contributed by atoms with E-state index in [0.29, 0.717) is 17.1 Å². The number of aromatic nitrogens is 1. The number of carbonyl (C=O) groups is 1. The number of rotatable bonds is 3. The predicted octanol–water partition coefficient (Wildman–Crippen LogP) is 3.07. The maximum absolute atomic E-state index is 11.8. The molecule has 2 aromatic rings. The minimum atomic E-state index is -0.433. The van der Waals surface area contributed by atoms with Gasteiger partial charge in [-0.25, -0.2) is 4.79 Å². The molecule has 5 heteroatoms. The van der Waals surface area contributed by atoms with Crippen LogP contribution in [0, 0.1) is 0 Å². The van der Waals surface area contributed by atoms with Gasteiger partial charge < -0.3 is 9.47 Å². The van der Waals surface area contributed by atoms with Crippen LogP contribution in [0.15, 0.2) is 47.2 Å². The van der Waals surface area contributed by atoms with E-state index in [0.717, 1.165) is 4.47 Å². The zero-order valence-electron chi connectivity index (χ0n) is 9.59. The molecule has 0 N–H and O–H groups in total. The number of ether oxygens (including phenoxy) is 2. The van der Waals surface area contributed by atoms with Crippen molar-refractivity contribution < 1.29 is 14.3 Å². The highest BCUT2D eigenvalue weighted by atomic mass is 79.9. The molecule has 0 atom stereocenters. The van der Waals surface area contributed by atoms with Crippen molar-refractivity contribution in [1.82, 2.24) is 4.98 Å². The molecule has 92 valence electrons. The third-order valence-electron chi connectivity index (χ3n) is 2.22. The fraction of sp³-hybridized carbons (Fsp3) is 0.0769. The Kier molecular flexibility index (Phi) is 3.94. The number of methoxy groups -OCH3 is 1. The highest BCUT2D eigenvalue weighted by Gasteiger charge is 2.09. The molecule has 4 nitrogen and oxygen atoms in total. The summed E-state index contributed by atoms with van der Waals surface area (Å²) in [5.74, 6) is 0.651. The molecule has 0 bridgehead atoms. The van der Waals surface area contributed by atoms with Crippen molar-refractivity contribution in [3.05, 3.63) is 52.8 Å². The molecule has 0 saturated heterocycles. The fourth-order valence-electron chi connectivity index (χ4n) is 1.34. The molecule has 0 spiro atoms. The number of carbonyl (C=O) groups excluding carboxylic acids is 1. The van der Waals surface area contributed by atoms with E-state index in [2.05, 4.69) is 20.9 Å². The number of hydrogen-bond donors (Lipinski definition) is 0. The number of esters is 1. The molecule has 2 rings (SSSR count). The standard InChI is InChI=1S/C13H10BrNO3/c1-17-11-4-2-9(3-5-11)13(16)18-12-6-10(14)7-15-8-12/h2-8H,1H3. The maximum atomic E-state index is 11.8. The van der Waals surface area contributed by atoms with E-state index in [1.807, 2.05) is 0 Å². The third kappa shape index (κ3) is 3.07. The summed E-state index contributed by atoms with van der Waals surface area (Å²) in [4.78, 5) is 15.7. The van der Waals surface area contributed by atoms with Gasteiger partial charge in [0.05, 0.1) is 18.9 Å². The van der Waals surface area contributed by atoms with Crippen LogP contribution in [0.5, 0.6) is 11.5 Å². The number of hydrogen-bond acceptors (Lipinski definition) is 4. The Labute approximate surface area is 113 Å². The first kappa shape index (κ1) is 12.6. The number of benzene rings is 1. The minimum absolute atomic E-state index is 0.394. The summed E-state index contributed by atoms with van der Waals surface area (Å²) >= 11 is 3.26. The average Bonchev–Trinajstić information content (AvgIpc) is 2.39. The van der Waals surface area contributed by atoms with Crippen molar-refractivity contribution >= 4 is 21.9 Å². The van der Waals surface area contributed by atoms with E-state index in [-0.39, 0.29) is 0 Å². The average molecular weight is 308 g/mol. The van der Waals surface area contributed by atoms with Crippen LogP contribution in [-0.4, -0.2) is 18.1 Å². The van der Waals surface area contributed by atoms with E-state index in [1.165, 1.54) is 6.20 Å². The second kappa shape index (κ2) is 5.64. The summed E-state index contributed by atoms with van der Waals surface area (Å²) in [5.41, 5.74) is 0.454. The summed E-state index contributed by atoms with van der Waals surface area (Å²) in [6, 6.07) is 8.37. The Morgan fingerprint density at radius 1 is 1.17 bits per heavy atom. The van der Waals surface area contributed by atoms with E-state index < -0.39 is 5.97 Å². The Morgan fingerprint density at radius 2 is 1.89 bits per heavy atom. The third-order valence-corrected chi connectivity index (χ3v) is 2.65.